The summed E-state index contributed by atoms with van der Waals surface area (Å²) in [5.41, 5.74) is 4.23. The lowest BCUT2D eigenvalue weighted by atomic mass is 9.94. The third kappa shape index (κ3) is 5.84. The Hall–Kier alpha value is -2.88. The van der Waals surface area contributed by atoms with Crippen LogP contribution in [0, 0.1) is 5.92 Å². The van der Waals surface area contributed by atoms with Crippen molar-refractivity contribution in [3.05, 3.63) is 71.8 Å². The molecule has 0 bridgehead atoms. The van der Waals surface area contributed by atoms with Gasteiger partial charge in [0, 0.05) is 31.6 Å². The fraction of sp³-hybridized carbons (Fsp3) is 0.407. The molecule has 162 valence electrons. The lowest BCUT2D eigenvalue weighted by Gasteiger charge is -2.33. The maximum atomic E-state index is 12.7. The van der Waals surface area contributed by atoms with Crippen LogP contribution in [0.4, 0.5) is 0 Å². The van der Waals surface area contributed by atoms with E-state index in [-0.39, 0.29) is 11.8 Å². The average molecular weight is 417 g/mol. The number of rotatable bonds is 6. The Morgan fingerprint density at radius 1 is 0.935 bits per heavy atom. The highest BCUT2D eigenvalue weighted by Gasteiger charge is 2.24. The van der Waals surface area contributed by atoms with Gasteiger partial charge in [0.2, 0.25) is 5.91 Å². The molecule has 1 atom stereocenters. The van der Waals surface area contributed by atoms with Crippen LogP contribution in [0.5, 0.6) is 0 Å². The Bertz CT molecular complexity index is 918. The summed E-state index contributed by atoms with van der Waals surface area (Å²) in [6, 6.07) is 17.9. The molecule has 0 aromatic heterocycles. The van der Waals surface area contributed by atoms with Crippen LogP contribution < -0.4 is 5.32 Å². The zero-order valence-corrected chi connectivity index (χ0v) is 18.2. The predicted octanol–water partition coefficient (Wildman–Crippen LogP) is 5.21. The van der Waals surface area contributed by atoms with Crippen molar-refractivity contribution in [1.29, 1.82) is 0 Å². The SMILES string of the molecule is O=C(NC[C@@H]1CCCN(C(=O)CC2=CCCCC2)C1)c1ccc(-c2ccccc2)cc1. The molecular formula is C27H32N2O2. The summed E-state index contributed by atoms with van der Waals surface area (Å²) >= 11 is 0. The number of benzene rings is 2. The molecule has 1 aliphatic carbocycles. The molecule has 1 fully saturated rings. The minimum absolute atomic E-state index is 0.0459. The first-order valence-electron chi connectivity index (χ1n) is 11.6. The molecule has 1 aliphatic heterocycles. The predicted molar refractivity (Wildman–Crippen MR) is 125 cm³/mol. The van der Waals surface area contributed by atoms with E-state index in [1.165, 1.54) is 18.4 Å². The standard InChI is InChI=1S/C27H32N2O2/c30-26(18-21-8-3-1-4-9-21)29-17-7-10-22(20-29)19-28-27(31)25-15-13-24(14-16-25)23-11-5-2-6-12-23/h2,5-6,8,11-16,22H,1,3-4,7,9-10,17-20H2,(H,28,31)/t22-/m0/s1. The highest BCUT2D eigenvalue weighted by molar-refractivity contribution is 5.94. The van der Waals surface area contributed by atoms with Gasteiger partial charge in [0.1, 0.15) is 0 Å². The zero-order valence-electron chi connectivity index (χ0n) is 18.2. The summed E-state index contributed by atoms with van der Waals surface area (Å²) in [6.07, 6.45) is 9.54. The Morgan fingerprint density at radius 3 is 2.45 bits per heavy atom. The first-order valence-corrected chi connectivity index (χ1v) is 11.6. The molecule has 0 spiro atoms. The van der Waals surface area contributed by atoms with Crippen LogP contribution in [0.3, 0.4) is 0 Å². The molecule has 1 N–H and O–H groups in total. The van der Waals surface area contributed by atoms with Crippen LogP contribution in [0.2, 0.25) is 0 Å². The summed E-state index contributed by atoms with van der Waals surface area (Å²) in [5.74, 6) is 0.529. The topological polar surface area (TPSA) is 49.4 Å². The van der Waals surface area contributed by atoms with Crippen molar-refractivity contribution in [2.24, 2.45) is 5.92 Å². The van der Waals surface area contributed by atoms with Crippen molar-refractivity contribution >= 4 is 11.8 Å². The van der Waals surface area contributed by atoms with Gasteiger partial charge in [-0.1, -0.05) is 54.1 Å². The van der Waals surface area contributed by atoms with Crippen molar-refractivity contribution in [2.75, 3.05) is 19.6 Å². The second-order valence-electron chi connectivity index (χ2n) is 8.79. The lowest BCUT2D eigenvalue weighted by molar-refractivity contribution is -0.132. The largest absolute Gasteiger partial charge is 0.352 e. The molecule has 4 heteroatoms. The number of hydrogen-bond donors (Lipinski definition) is 1. The van der Waals surface area contributed by atoms with Crippen molar-refractivity contribution in [3.63, 3.8) is 0 Å². The minimum Gasteiger partial charge on any atom is -0.352 e. The van der Waals surface area contributed by atoms with Crippen LogP contribution in [0.25, 0.3) is 11.1 Å². The first-order chi connectivity index (χ1) is 15.2. The van der Waals surface area contributed by atoms with Gasteiger partial charge in [0.05, 0.1) is 0 Å². The molecule has 2 aliphatic rings. The molecule has 4 nitrogen and oxygen atoms in total. The Kier molecular flexibility index (Phi) is 7.18. The molecule has 1 saturated heterocycles. The van der Waals surface area contributed by atoms with Crippen molar-refractivity contribution in [2.45, 2.75) is 44.9 Å². The number of carbonyl (C=O) groups is 2. The van der Waals surface area contributed by atoms with Gasteiger partial charge in [-0.2, -0.15) is 0 Å². The smallest absolute Gasteiger partial charge is 0.251 e. The molecule has 2 amide bonds. The number of amides is 2. The van der Waals surface area contributed by atoms with E-state index < -0.39 is 0 Å². The summed E-state index contributed by atoms with van der Waals surface area (Å²) in [5, 5.41) is 3.08. The third-order valence-corrected chi connectivity index (χ3v) is 6.44. The minimum atomic E-state index is -0.0459. The number of nitrogens with one attached hydrogen (secondary N) is 1. The van der Waals surface area contributed by atoms with Gasteiger partial charge in [-0.05, 0) is 67.7 Å². The summed E-state index contributed by atoms with van der Waals surface area (Å²) in [4.78, 5) is 27.3. The highest BCUT2D eigenvalue weighted by atomic mass is 16.2. The maximum absolute atomic E-state index is 12.7. The van der Waals surface area contributed by atoms with Crippen molar-refractivity contribution in [1.82, 2.24) is 10.2 Å². The van der Waals surface area contributed by atoms with E-state index in [0.29, 0.717) is 24.4 Å². The quantitative estimate of drug-likeness (QED) is 0.657. The number of hydrogen-bond acceptors (Lipinski definition) is 2. The van der Waals surface area contributed by atoms with Crippen molar-refractivity contribution < 1.29 is 9.59 Å². The van der Waals surface area contributed by atoms with Gasteiger partial charge in [-0.25, -0.2) is 0 Å². The average Bonchev–Trinajstić information content (AvgIpc) is 2.84. The summed E-state index contributed by atoms with van der Waals surface area (Å²) in [6.45, 7) is 2.21. The van der Waals surface area contributed by atoms with Gasteiger partial charge < -0.3 is 10.2 Å². The molecule has 2 aromatic rings. The molecule has 0 saturated carbocycles. The fourth-order valence-electron chi connectivity index (χ4n) is 4.61. The van der Waals surface area contributed by atoms with Crippen molar-refractivity contribution in [3.8, 4) is 11.1 Å². The molecule has 0 unspecified atom stereocenters. The number of likely N-dealkylation sites (tertiary alicyclic amines) is 1. The van der Waals surface area contributed by atoms with Gasteiger partial charge in [-0.15, -0.1) is 0 Å². The van der Waals surface area contributed by atoms with Crippen LogP contribution in [-0.4, -0.2) is 36.3 Å². The second kappa shape index (κ2) is 10.4. The maximum Gasteiger partial charge on any atom is 0.251 e. The Balaban J connectivity index is 1.27. The Morgan fingerprint density at radius 2 is 1.71 bits per heavy atom. The first kappa shape index (κ1) is 21.4. The number of carbonyl (C=O) groups excluding carboxylic acids is 2. The van der Waals surface area contributed by atoms with E-state index in [2.05, 4.69) is 23.5 Å². The van der Waals surface area contributed by atoms with Crippen LogP contribution in [-0.2, 0) is 4.79 Å². The highest BCUT2D eigenvalue weighted by Crippen LogP contribution is 2.23. The molecule has 4 rings (SSSR count). The van der Waals surface area contributed by atoms with E-state index in [9.17, 15) is 9.59 Å². The molecular weight excluding hydrogens is 384 g/mol. The van der Waals surface area contributed by atoms with E-state index in [4.69, 9.17) is 0 Å². The number of piperidine rings is 1. The van der Waals surface area contributed by atoms with Gasteiger partial charge in [0.15, 0.2) is 0 Å². The molecule has 1 heterocycles. The van der Waals surface area contributed by atoms with E-state index in [1.807, 2.05) is 47.4 Å². The monoisotopic (exact) mass is 416 g/mol. The van der Waals surface area contributed by atoms with Gasteiger partial charge in [-0.3, -0.25) is 9.59 Å². The van der Waals surface area contributed by atoms with Gasteiger partial charge in [0.25, 0.3) is 5.91 Å². The number of allylic oxidation sites excluding steroid dienone is 1. The summed E-state index contributed by atoms with van der Waals surface area (Å²) < 4.78 is 0. The Labute approximate surface area is 185 Å². The second-order valence-corrected chi connectivity index (χ2v) is 8.79. The number of nitrogens with zero attached hydrogens (tertiary/aromatic N) is 1. The fourth-order valence-corrected chi connectivity index (χ4v) is 4.61. The van der Waals surface area contributed by atoms with Crippen LogP contribution in [0.1, 0.15) is 55.3 Å². The summed E-state index contributed by atoms with van der Waals surface area (Å²) in [7, 11) is 0. The van der Waals surface area contributed by atoms with Crippen LogP contribution in [0.15, 0.2) is 66.2 Å². The van der Waals surface area contributed by atoms with E-state index in [0.717, 1.165) is 49.9 Å². The normalized spacial score (nSPS) is 18.9. The van der Waals surface area contributed by atoms with Gasteiger partial charge >= 0.3 is 0 Å². The third-order valence-electron chi connectivity index (χ3n) is 6.44. The van der Waals surface area contributed by atoms with Crippen LogP contribution >= 0.6 is 0 Å². The lowest BCUT2D eigenvalue weighted by Crippen LogP contribution is -2.43. The molecule has 2 aromatic carbocycles. The zero-order chi connectivity index (χ0) is 21.5. The molecule has 31 heavy (non-hydrogen) atoms. The molecule has 0 radical (unpaired) electrons. The van der Waals surface area contributed by atoms with E-state index in [1.54, 1.807) is 0 Å². The van der Waals surface area contributed by atoms with E-state index >= 15 is 0 Å².